The van der Waals surface area contributed by atoms with Gasteiger partial charge in [0.1, 0.15) is 12.1 Å². The van der Waals surface area contributed by atoms with Crippen molar-refractivity contribution in [3.05, 3.63) is 42.0 Å². The normalized spacial score (nSPS) is 11.0. The first kappa shape index (κ1) is 13.5. The van der Waals surface area contributed by atoms with Gasteiger partial charge in [-0.1, -0.05) is 26.0 Å². The summed E-state index contributed by atoms with van der Waals surface area (Å²) in [5.41, 5.74) is 1.24. The molecule has 0 unspecified atom stereocenters. The largest absolute Gasteiger partial charge is 0.431 e. The SMILES string of the molecule is CC(C)NCc1coc(N(C)c2ccccc2F)n1. The number of hydrogen-bond acceptors (Lipinski definition) is 4. The lowest BCUT2D eigenvalue weighted by Gasteiger charge is -2.14. The third kappa shape index (κ3) is 3.32. The summed E-state index contributed by atoms with van der Waals surface area (Å²) in [6.45, 7) is 4.76. The van der Waals surface area contributed by atoms with Crippen LogP contribution >= 0.6 is 0 Å². The first-order valence-electron chi connectivity index (χ1n) is 6.24. The number of oxazole rings is 1. The fourth-order valence-corrected chi connectivity index (χ4v) is 1.67. The molecule has 0 aliphatic rings. The number of para-hydroxylation sites is 1. The van der Waals surface area contributed by atoms with Crippen molar-refractivity contribution in [1.82, 2.24) is 10.3 Å². The smallest absolute Gasteiger partial charge is 0.301 e. The molecule has 0 amide bonds. The van der Waals surface area contributed by atoms with Crippen LogP contribution in [0.1, 0.15) is 19.5 Å². The zero-order valence-corrected chi connectivity index (χ0v) is 11.4. The minimum absolute atomic E-state index is 0.301. The van der Waals surface area contributed by atoms with Crippen LogP contribution in [0.5, 0.6) is 0 Å². The maximum absolute atomic E-state index is 13.7. The second kappa shape index (κ2) is 5.84. The minimum Gasteiger partial charge on any atom is -0.431 e. The van der Waals surface area contributed by atoms with Gasteiger partial charge in [-0.2, -0.15) is 4.98 Å². The number of halogens is 1. The Hall–Kier alpha value is -1.88. The number of hydrogen-bond donors (Lipinski definition) is 1. The Kier molecular flexibility index (Phi) is 4.16. The fraction of sp³-hybridized carbons (Fsp3) is 0.357. The lowest BCUT2D eigenvalue weighted by molar-refractivity contribution is 0.548. The highest BCUT2D eigenvalue weighted by Crippen LogP contribution is 2.25. The molecule has 2 aromatic rings. The van der Waals surface area contributed by atoms with Gasteiger partial charge in [-0.15, -0.1) is 0 Å². The molecule has 0 atom stereocenters. The van der Waals surface area contributed by atoms with E-state index in [1.54, 1.807) is 36.4 Å². The van der Waals surface area contributed by atoms with E-state index < -0.39 is 0 Å². The van der Waals surface area contributed by atoms with E-state index in [9.17, 15) is 4.39 Å². The molecule has 0 saturated carbocycles. The average molecular weight is 263 g/mol. The number of anilines is 2. The van der Waals surface area contributed by atoms with E-state index in [4.69, 9.17) is 4.42 Å². The number of aromatic nitrogens is 1. The van der Waals surface area contributed by atoms with Crippen LogP contribution in [-0.4, -0.2) is 18.1 Å². The Bertz CT molecular complexity index is 539. The summed E-state index contributed by atoms with van der Waals surface area (Å²) in [6.07, 6.45) is 1.59. The lowest BCUT2D eigenvalue weighted by atomic mass is 10.3. The third-order valence-electron chi connectivity index (χ3n) is 2.73. The molecule has 0 fully saturated rings. The van der Waals surface area contributed by atoms with E-state index in [1.807, 2.05) is 0 Å². The van der Waals surface area contributed by atoms with Gasteiger partial charge in [-0.05, 0) is 12.1 Å². The van der Waals surface area contributed by atoms with Gasteiger partial charge in [0.2, 0.25) is 0 Å². The van der Waals surface area contributed by atoms with Crippen LogP contribution in [0.2, 0.25) is 0 Å². The van der Waals surface area contributed by atoms with E-state index in [1.165, 1.54) is 6.07 Å². The van der Waals surface area contributed by atoms with Crippen LogP contribution in [0.4, 0.5) is 16.1 Å². The molecular formula is C14H18FN3O. The maximum atomic E-state index is 13.7. The predicted octanol–water partition coefficient (Wildman–Crippen LogP) is 3.08. The summed E-state index contributed by atoms with van der Waals surface area (Å²) in [7, 11) is 1.73. The van der Waals surface area contributed by atoms with Gasteiger partial charge in [0.05, 0.1) is 11.4 Å². The minimum atomic E-state index is -0.301. The highest BCUT2D eigenvalue weighted by Gasteiger charge is 2.14. The Labute approximate surface area is 112 Å². The molecule has 19 heavy (non-hydrogen) atoms. The Morgan fingerprint density at radius 2 is 2.11 bits per heavy atom. The molecule has 0 aliphatic heterocycles. The first-order chi connectivity index (χ1) is 9.08. The predicted molar refractivity (Wildman–Crippen MR) is 72.9 cm³/mol. The van der Waals surface area contributed by atoms with Crippen molar-refractivity contribution in [1.29, 1.82) is 0 Å². The molecule has 1 heterocycles. The monoisotopic (exact) mass is 263 g/mol. The Morgan fingerprint density at radius 3 is 2.79 bits per heavy atom. The highest BCUT2D eigenvalue weighted by atomic mass is 19.1. The van der Waals surface area contributed by atoms with Gasteiger partial charge in [-0.25, -0.2) is 4.39 Å². The standard InChI is InChI=1S/C14H18FN3O/c1-10(2)16-8-11-9-19-14(17-11)18(3)13-7-5-4-6-12(13)15/h4-7,9-10,16H,8H2,1-3H3. The summed E-state index contributed by atoms with van der Waals surface area (Å²) in [5.74, 6) is -0.301. The van der Waals surface area contributed by atoms with Crippen molar-refractivity contribution >= 4 is 11.7 Å². The van der Waals surface area contributed by atoms with Crippen LogP contribution < -0.4 is 10.2 Å². The van der Waals surface area contributed by atoms with E-state index in [2.05, 4.69) is 24.1 Å². The van der Waals surface area contributed by atoms with Gasteiger partial charge in [0.25, 0.3) is 0 Å². The molecule has 0 saturated heterocycles. The molecule has 4 nitrogen and oxygen atoms in total. The third-order valence-corrected chi connectivity index (χ3v) is 2.73. The second-order valence-corrected chi connectivity index (χ2v) is 4.67. The molecule has 1 N–H and O–H groups in total. The first-order valence-corrected chi connectivity index (χ1v) is 6.24. The van der Waals surface area contributed by atoms with Crippen LogP contribution in [0.3, 0.4) is 0 Å². The molecule has 2 rings (SSSR count). The zero-order valence-electron chi connectivity index (χ0n) is 11.4. The average Bonchev–Trinajstić information content (AvgIpc) is 2.85. The van der Waals surface area contributed by atoms with E-state index in [0.29, 0.717) is 24.3 Å². The summed E-state index contributed by atoms with van der Waals surface area (Å²) in [4.78, 5) is 5.92. The van der Waals surface area contributed by atoms with Crippen molar-refractivity contribution in [3.8, 4) is 0 Å². The van der Waals surface area contributed by atoms with E-state index >= 15 is 0 Å². The van der Waals surface area contributed by atoms with Crippen LogP contribution in [0.15, 0.2) is 34.9 Å². The fourth-order valence-electron chi connectivity index (χ4n) is 1.67. The van der Waals surface area contributed by atoms with Crippen molar-refractivity contribution in [2.24, 2.45) is 0 Å². The number of nitrogens with zero attached hydrogens (tertiary/aromatic N) is 2. The number of rotatable bonds is 5. The van der Waals surface area contributed by atoms with E-state index in [-0.39, 0.29) is 5.82 Å². The Balaban J connectivity index is 2.12. The second-order valence-electron chi connectivity index (χ2n) is 4.67. The lowest BCUT2D eigenvalue weighted by Crippen LogP contribution is -2.22. The molecule has 0 radical (unpaired) electrons. The van der Waals surface area contributed by atoms with Gasteiger partial charge in [0.15, 0.2) is 0 Å². The number of nitrogens with one attached hydrogen (secondary N) is 1. The van der Waals surface area contributed by atoms with E-state index in [0.717, 1.165) is 5.69 Å². The summed E-state index contributed by atoms with van der Waals surface area (Å²) in [5, 5.41) is 3.25. The van der Waals surface area contributed by atoms with Gasteiger partial charge >= 0.3 is 6.01 Å². The van der Waals surface area contributed by atoms with Gasteiger partial charge < -0.3 is 9.73 Å². The maximum Gasteiger partial charge on any atom is 0.301 e. The van der Waals surface area contributed by atoms with Crippen molar-refractivity contribution in [2.75, 3.05) is 11.9 Å². The van der Waals surface area contributed by atoms with Gasteiger partial charge in [-0.3, -0.25) is 4.90 Å². The molecule has 0 aliphatic carbocycles. The molecule has 1 aromatic heterocycles. The molecule has 0 spiro atoms. The van der Waals surface area contributed by atoms with Crippen molar-refractivity contribution in [3.63, 3.8) is 0 Å². The van der Waals surface area contributed by atoms with Crippen molar-refractivity contribution in [2.45, 2.75) is 26.4 Å². The summed E-state index contributed by atoms with van der Waals surface area (Å²) >= 11 is 0. The topological polar surface area (TPSA) is 41.3 Å². The number of benzene rings is 1. The van der Waals surface area contributed by atoms with Crippen LogP contribution in [0, 0.1) is 5.82 Å². The summed E-state index contributed by atoms with van der Waals surface area (Å²) in [6, 6.07) is 7.29. The molecule has 5 heteroatoms. The van der Waals surface area contributed by atoms with Crippen molar-refractivity contribution < 1.29 is 8.81 Å². The van der Waals surface area contributed by atoms with Gasteiger partial charge in [0, 0.05) is 19.6 Å². The molecule has 102 valence electrons. The quantitative estimate of drug-likeness (QED) is 0.900. The Morgan fingerprint density at radius 1 is 1.37 bits per heavy atom. The van der Waals surface area contributed by atoms with Crippen LogP contribution in [0.25, 0.3) is 0 Å². The summed E-state index contributed by atoms with van der Waals surface area (Å²) < 4.78 is 19.0. The molecule has 1 aromatic carbocycles. The van der Waals surface area contributed by atoms with Crippen LogP contribution in [-0.2, 0) is 6.54 Å². The molecule has 0 bridgehead atoms. The highest BCUT2D eigenvalue weighted by molar-refractivity contribution is 5.55. The zero-order chi connectivity index (χ0) is 13.8. The molecular weight excluding hydrogens is 245 g/mol.